The molecular weight excluding hydrogens is 849 g/mol. The van der Waals surface area contributed by atoms with Crippen LogP contribution in [-0.2, 0) is 6.54 Å². The van der Waals surface area contributed by atoms with Gasteiger partial charge in [-0.3, -0.25) is 0 Å². The van der Waals surface area contributed by atoms with E-state index in [0.717, 1.165) is 55.5 Å². The van der Waals surface area contributed by atoms with Crippen LogP contribution in [0.4, 0.5) is 11.4 Å². The fourth-order valence-corrected chi connectivity index (χ4v) is 11.0. The maximum absolute atomic E-state index is 7.09. The minimum atomic E-state index is 0.709. The van der Waals surface area contributed by atoms with Crippen LogP contribution in [0.3, 0.4) is 0 Å². The Morgan fingerprint density at radius 1 is 0.300 bits per heavy atom. The fourth-order valence-electron chi connectivity index (χ4n) is 11.0. The summed E-state index contributed by atoms with van der Waals surface area (Å²) in [4.78, 5) is 2.51. The standard InChI is InChI=1S/C67H44N2O/c1-4-15-44(16-5-1)47-27-29-48(30-28-47)49-21-14-22-50(37-49)53-34-36-66-60(40-53)61-41-55(42-65(67(61)70-66)69-63-25-12-10-23-56(63)57-24-11-13-26-64(57)69)68-43-54-32-31-51(45-17-6-2-7-18-45)38-58(54)59-39-52(33-35-62(59)68)46-19-8-3-9-20-46/h1-42H,43H2. The predicted octanol–water partition coefficient (Wildman–Crippen LogP) is 18.3. The molecule has 0 unspecified atom stereocenters. The lowest BCUT2D eigenvalue weighted by Gasteiger charge is -2.34. The number of aromatic nitrogens is 1. The molecule has 14 rings (SSSR count). The third-order valence-corrected chi connectivity index (χ3v) is 14.4. The van der Waals surface area contributed by atoms with Gasteiger partial charge in [-0.1, -0.05) is 194 Å². The molecular formula is C67H44N2O. The first kappa shape index (κ1) is 39.9. The topological polar surface area (TPSA) is 21.3 Å². The Morgan fingerprint density at radius 2 is 0.771 bits per heavy atom. The van der Waals surface area contributed by atoms with Gasteiger partial charge in [0.1, 0.15) is 5.58 Å². The Labute approximate surface area is 406 Å². The molecule has 3 heteroatoms. The SMILES string of the molecule is c1ccc(-c2ccc(-c3cccc(-c4ccc5oc6c(-n7c8ccccc8c8ccccc87)cc(N7Cc8ccc(-c9ccccc9)cc8-c8cc(-c9ccccc9)ccc87)cc6c5c4)c3)cc2)cc1. The molecule has 2 aromatic heterocycles. The van der Waals surface area contributed by atoms with Gasteiger partial charge in [0.25, 0.3) is 0 Å². The molecule has 13 aromatic rings. The first-order valence-electron chi connectivity index (χ1n) is 24.1. The Hall–Kier alpha value is -9.18. The van der Waals surface area contributed by atoms with Crippen molar-refractivity contribution in [3.8, 4) is 72.4 Å². The number of nitrogens with zero attached hydrogens (tertiary/aromatic N) is 2. The van der Waals surface area contributed by atoms with E-state index >= 15 is 0 Å². The molecule has 1 aliphatic heterocycles. The summed E-state index contributed by atoms with van der Waals surface area (Å²) < 4.78 is 9.50. The lowest BCUT2D eigenvalue weighted by molar-refractivity contribution is 0.666. The van der Waals surface area contributed by atoms with E-state index in [2.05, 4.69) is 264 Å². The van der Waals surface area contributed by atoms with Crippen LogP contribution in [0.2, 0.25) is 0 Å². The lowest BCUT2D eigenvalue weighted by atomic mass is 9.88. The first-order valence-corrected chi connectivity index (χ1v) is 24.1. The number of para-hydroxylation sites is 2. The van der Waals surface area contributed by atoms with Crippen LogP contribution in [0, 0.1) is 0 Å². The molecule has 0 spiro atoms. The summed E-state index contributed by atoms with van der Waals surface area (Å²) in [7, 11) is 0. The van der Waals surface area contributed by atoms with E-state index in [-0.39, 0.29) is 0 Å². The molecule has 0 bridgehead atoms. The van der Waals surface area contributed by atoms with Crippen LogP contribution in [0.15, 0.2) is 259 Å². The van der Waals surface area contributed by atoms with Crippen molar-refractivity contribution in [2.24, 2.45) is 0 Å². The van der Waals surface area contributed by atoms with E-state index in [0.29, 0.717) is 6.54 Å². The van der Waals surface area contributed by atoms with E-state index in [1.54, 1.807) is 0 Å². The summed E-state index contributed by atoms with van der Waals surface area (Å²) in [5, 5.41) is 4.58. The summed E-state index contributed by atoms with van der Waals surface area (Å²) in [6.45, 7) is 0.709. The quantitative estimate of drug-likeness (QED) is 0.159. The average molecular weight is 893 g/mol. The molecule has 0 saturated heterocycles. The van der Waals surface area contributed by atoms with Gasteiger partial charge in [0.2, 0.25) is 0 Å². The van der Waals surface area contributed by atoms with Crippen LogP contribution in [0.25, 0.3) is 116 Å². The summed E-state index contributed by atoms with van der Waals surface area (Å²) >= 11 is 0. The second-order valence-electron chi connectivity index (χ2n) is 18.5. The Morgan fingerprint density at radius 3 is 1.43 bits per heavy atom. The molecule has 0 radical (unpaired) electrons. The minimum Gasteiger partial charge on any atom is -0.454 e. The predicted molar refractivity (Wildman–Crippen MR) is 293 cm³/mol. The van der Waals surface area contributed by atoms with E-state index in [1.807, 2.05) is 0 Å². The van der Waals surface area contributed by atoms with Gasteiger partial charge in [-0.25, -0.2) is 0 Å². The maximum Gasteiger partial charge on any atom is 0.159 e. The zero-order chi connectivity index (χ0) is 46.1. The average Bonchev–Trinajstić information content (AvgIpc) is 3.98. The second-order valence-corrected chi connectivity index (χ2v) is 18.5. The van der Waals surface area contributed by atoms with Crippen LogP contribution in [-0.4, -0.2) is 4.57 Å². The monoisotopic (exact) mass is 892 g/mol. The molecule has 0 aliphatic carbocycles. The van der Waals surface area contributed by atoms with Gasteiger partial charge in [0, 0.05) is 45.0 Å². The van der Waals surface area contributed by atoms with Crippen LogP contribution in [0.1, 0.15) is 5.56 Å². The van der Waals surface area contributed by atoms with Crippen molar-refractivity contribution in [3.05, 3.63) is 260 Å². The summed E-state index contributed by atoms with van der Waals surface area (Å²) in [5.74, 6) is 0. The molecule has 1 aliphatic rings. The van der Waals surface area contributed by atoms with Crippen LogP contribution < -0.4 is 4.90 Å². The zero-order valence-corrected chi connectivity index (χ0v) is 38.3. The van der Waals surface area contributed by atoms with Crippen molar-refractivity contribution in [1.29, 1.82) is 0 Å². The van der Waals surface area contributed by atoms with E-state index < -0.39 is 0 Å². The maximum atomic E-state index is 7.09. The Bertz CT molecular complexity index is 4080. The van der Waals surface area contributed by atoms with Gasteiger partial charge >= 0.3 is 0 Å². The highest BCUT2D eigenvalue weighted by Gasteiger charge is 2.27. The summed E-state index contributed by atoms with van der Waals surface area (Å²) in [6, 6.07) is 92.7. The van der Waals surface area contributed by atoms with Crippen molar-refractivity contribution >= 4 is 55.1 Å². The third-order valence-electron chi connectivity index (χ3n) is 14.4. The number of furan rings is 1. The lowest BCUT2D eigenvalue weighted by Crippen LogP contribution is -2.22. The number of benzene rings is 11. The van der Waals surface area contributed by atoms with Gasteiger partial charge in [-0.15, -0.1) is 0 Å². The molecule has 0 N–H and O–H groups in total. The molecule has 70 heavy (non-hydrogen) atoms. The highest BCUT2D eigenvalue weighted by Crippen LogP contribution is 2.49. The molecule has 11 aromatic carbocycles. The number of hydrogen-bond acceptors (Lipinski definition) is 2. The highest BCUT2D eigenvalue weighted by molar-refractivity contribution is 6.14. The van der Waals surface area contributed by atoms with Gasteiger partial charge in [0.15, 0.2) is 5.58 Å². The molecule has 0 fully saturated rings. The van der Waals surface area contributed by atoms with Crippen molar-refractivity contribution in [2.45, 2.75) is 6.54 Å². The van der Waals surface area contributed by atoms with E-state index in [4.69, 9.17) is 4.42 Å². The van der Waals surface area contributed by atoms with Gasteiger partial charge < -0.3 is 13.9 Å². The molecule has 0 saturated carbocycles. The van der Waals surface area contributed by atoms with Crippen molar-refractivity contribution in [1.82, 2.24) is 4.57 Å². The Kier molecular flexibility index (Phi) is 9.28. The largest absolute Gasteiger partial charge is 0.454 e. The number of fused-ring (bicyclic) bond motifs is 9. The van der Waals surface area contributed by atoms with Crippen molar-refractivity contribution < 1.29 is 4.42 Å². The van der Waals surface area contributed by atoms with E-state index in [1.165, 1.54) is 77.7 Å². The van der Waals surface area contributed by atoms with Crippen molar-refractivity contribution in [2.75, 3.05) is 4.90 Å². The molecule has 3 heterocycles. The van der Waals surface area contributed by atoms with Gasteiger partial charge in [0.05, 0.1) is 16.7 Å². The summed E-state index contributed by atoms with van der Waals surface area (Å²) in [5.41, 5.74) is 23.0. The van der Waals surface area contributed by atoms with Crippen molar-refractivity contribution in [3.63, 3.8) is 0 Å². The number of rotatable bonds is 7. The smallest absolute Gasteiger partial charge is 0.159 e. The zero-order valence-electron chi connectivity index (χ0n) is 38.3. The van der Waals surface area contributed by atoms with E-state index in [9.17, 15) is 0 Å². The van der Waals surface area contributed by atoms with Gasteiger partial charge in [-0.2, -0.15) is 0 Å². The second kappa shape index (κ2) is 16.3. The highest BCUT2D eigenvalue weighted by atomic mass is 16.3. The number of hydrogen-bond donors (Lipinski definition) is 0. The molecule has 3 nitrogen and oxygen atoms in total. The third kappa shape index (κ3) is 6.66. The minimum absolute atomic E-state index is 0.709. The Balaban J connectivity index is 0.963. The molecule has 328 valence electrons. The van der Waals surface area contributed by atoms with Crippen LogP contribution in [0.5, 0.6) is 0 Å². The molecule has 0 atom stereocenters. The molecule has 0 amide bonds. The fraction of sp³-hybridized carbons (Fsp3) is 0.0149. The summed E-state index contributed by atoms with van der Waals surface area (Å²) in [6.07, 6.45) is 0. The first-order chi connectivity index (χ1) is 34.7. The van der Waals surface area contributed by atoms with Crippen LogP contribution >= 0.6 is 0 Å². The normalized spacial score (nSPS) is 12.2. The number of anilines is 2. The van der Waals surface area contributed by atoms with Gasteiger partial charge in [-0.05, 0) is 127 Å².